The smallest absolute Gasteiger partial charge is 0.339 e. The number of aromatic hydroxyl groups is 11. The normalized spacial score (nSPS) is 25.7. The molecule has 4 aromatic carbocycles. The van der Waals surface area contributed by atoms with Crippen molar-refractivity contribution in [1.82, 2.24) is 0 Å². The molecule has 7 atom stereocenters. The number of aliphatic hydroxyl groups is 3. The van der Waals surface area contributed by atoms with Gasteiger partial charge in [-0.25, -0.2) is 24.0 Å². The van der Waals surface area contributed by atoms with E-state index in [9.17, 15) is 100 Å². The van der Waals surface area contributed by atoms with Gasteiger partial charge in [0.15, 0.2) is 64.0 Å². The molecule has 1 aliphatic carbocycles. The van der Waals surface area contributed by atoms with Crippen molar-refractivity contribution in [2.45, 2.75) is 48.2 Å². The number of hydrogen-bond acceptors (Lipinski definition) is 27. The number of phenolic OH excluding ortho intramolecular Hbond substituents is 11. The number of ketones is 1. The number of ether oxygens (including phenoxy) is 7. The van der Waals surface area contributed by atoms with E-state index in [0.29, 0.717) is 30.3 Å². The first-order chi connectivity index (χ1) is 31.9. The zero-order valence-electron chi connectivity index (χ0n) is 33.2. The van der Waals surface area contributed by atoms with Gasteiger partial charge in [0, 0.05) is 16.7 Å². The number of benzene rings is 4. The molecule has 0 amide bonds. The van der Waals surface area contributed by atoms with Crippen molar-refractivity contribution >= 4 is 35.6 Å². The fraction of sp³-hybridized carbons (Fsp3) is 0.220. The van der Waals surface area contributed by atoms with Gasteiger partial charge in [-0.3, -0.25) is 4.79 Å². The third kappa shape index (κ3) is 6.21. The highest BCUT2D eigenvalue weighted by Crippen LogP contribution is 2.60. The fourth-order valence-electron chi connectivity index (χ4n) is 8.26. The van der Waals surface area contributed by atoms with E-state index in [2.05, 4.69) is 0 Å². The highest BCUT2D eigenvalue weighted by Gasteiger charge is 2.70. The molecule has 354 valence electrons. The summed E-state index contributed by atoms with van der Waals surface area (Å²) in [4.78, 5) is 84.4. The first-order valence-electron chi connectivity index (χ1n) is 19.1. The minimum absolute atomic E-state index is 0.208. The standard InChI is InChI=1S/C41H28O27/c42-13-1-8(2-14(43)24(13)48)34(54)66-33-32-30-18(7-62-35(55)9-3-15(44)25(49)28(52)20(9)21-10(36(56)64-30)4-16(45)26(50)29(21)53)63-39(33)67-38(58)12-6-19(47)40(59,60)41(61)23(12)22-11(37(57)65-32)5-17(46)27(51)31(22)68-41/h1-6,18,23,30,32-33,39,42-46,48-53,59-61H,7H2. The zero-order chi connectivity index (χ0) is 49.4. The van der Waals surface area contributed by atoms with Gasteiger partial charge in [-0.15, -0.1) is 0 Å². The molecule has 4 heterocycles. The Morgan fingerprint density at radius 2 is 1.10 bits per heavy atom. The molecule has 27 heteroatoms. The van der Waals surface area contributed by atoms with Gasteiger partial charge in [-0.2, -0.15) is 0 Å². The summed E-state index contributed by atoms with van der Waals surface area (Å²) in [5, 5.41) is 149. The molecule has 0 aromatic heterocycles. The maximum absolute atomic E-state index is 14.6. The molecule has 14 N–H and O–H groups in total. The zero-order valence-corrected chi connectivity index (χ0v) is 33.2. The van der Waals surface area contributed by atoms with Gasteiger partial charge >= 0.3 is 29.8 Å². The quantitative estimate of drug-likeness (QED) is 0.0491. The summed E-state index contributed by atoms with van der Waals surface area (Å²) in [7, 11) is 0. The van der Waals surface area contributed by atoms with Crippen LogP contribution in [0.5, 0.6) is 69.0 Å². The summed E-state index contributed by atoms with van der Waals surface area (Å²) in [6, 6.07) is 2.39. The van der Waals surface area contributed by atoms with Crippen LogP contribution in [0.2, 0.25) is 0 Å². The molecule has 1 saturated heterocycles. The van der Waals surface area contributed by atoms with Crippen LogP contribution < -0.4 is 4.74 Å². The summed E-state index contributed by atoms with van der Waals surface area (Å²) in [6.45, 7) is -1.26. The SMILES string of the molecule is O=C1OC2OC3COC(=O)c4cc(O)c(O)c(O)c4-c4c(cc(O)c(O)c4O)C(=O)OC3C(OC(=O)c3cc(O)c(O)c4c3C3C1=CC(=O)C(O)(O)C3(O)O4)C2OC(=O)c1cc(O)c(O)c(O)c1. The van der Waals surface area contributed by atoms with Gasteiger partial charge in [0.05, 0.1) is 33.7 Å². The minimum Gasteiger partial charge on any atom is -0.504 e. The maximum atomic E-state index is 14.6. The van der Waals surface area contributed by atoms with Gasteiger partial charge in [0.1, 0.15) is 12.7 Å². The van der Waals surface area contributed by atoms with Crippen molar-refractivity contribution in [3.05, 3.63) is 69.8 Å². The van der Waals surface area contributed by atoms with E-state index in [1.54, 1.807) is 0 Å². The van der Waals surface area contributed by atoms with Crippen molar-refractivity contribution in [2.24, 2.45) is 0 Å². The van der Waals surface area contributed by atoms with Gasteiger partial charge in [-0.05, 0) is 36.4 Å². The van der Waals surface area contributed by atoms with Crippen molar-refractivity contribution in [3.63, 3.8) is 0 Å². The molecule has 68 heavy (non-hydrogen) atoms. The summed E-state index contributed by atoms with van der Waals surface area (Å²) in [5.74, 6) is -36.0. The molecule has 4 aliphatic heterocycles. The Bertz CT molecular complexity index is 3020. The highest BCUT2D eigenvalue weighted by molar-refractivity contribution is 6.09. The maximum Gasteiger partial charge on any atom is 0.339 e. The van der Waals surface area contributed by atoms with E-state index in [-0.39, 0.29) is 6.08 Å². The number of esters is 5. The molecule has 1 fully saturated rings. The molecule has 0 spiro atoms. The van der Waals surface area contributed by atoms with Crippen molar-refractivity contribution in [3.8, 4) is 80.1 Å². The number of hydrogen-bond donors (Lipinski definition) is 14. The molecule has 5 aliphatic rings. The lowest BCUT2D eigenvalue weighted by atomic mass is 9.74. The summed E-state index contributed by atoms with van der Waals surface area (Å²) in [6.07, 6.45) is -12.1. The Kier molecular flexibility index (Phi) is 9.64. The topological polar surface area (TPSA) is 450 Å². The van der Waals surface area contributed by atoms with Gasteiger partial charge in [0.2, 0.25) is 35.4 Å². The summed E-state index contributed by atoms with van der Waals surface area (Å²) >= 11 is 0. The first-order valence-corrected chi connectivity index (χ1v) is 19.1. The second kappa shape index (κ2) is 14.8. The van der Waals surface area contributed by atoms with Crippen LogP contribution in [0.3, 0.4) is 0 Å². The predicted molar refractivity (Wildman–Crippen MR) is 204 cm³/mol. The Labute approximate surface area is 373 Å². The minimum atomic E-state index is -4.00. The third-order valence-electron chi connectivity index (χ3n) is 11.5. The van der Waals surface area contributed by atoms with Gasteiger partial charge in [0.25, 0.3) is 11.6 Å². The van der Waals surface area contributed by atoms with E-state index in [1.807, 2.05) is 0 Å². The molecule has 4 aromatic rings. The second-order valence-corrected chi connectivity index (χ2v) is 15.5. The van der Waals surface area contributed by atoms with E-state index in [4.69, 9.17) is 33.2 Å². The van der Waals surface area contributed by atoms with E-state index >= 15 is 0 Å². The molecular formula is C41H28O27. The third-order valence-corrected chi connectivity index (χ3v) is 11.5. The average molecular weight is 953 g/mol. The average Bonchev–Trinajstić information content (AvgIpc) is 3.60. The lowest BCUT2D eigenvalue weighted by Gasteiger charge is -2.44. The molecule has 27 nitrogen and oxygen atoms in total. The number of carbonyl (C=O) groups is 6. The molecule has 7 unspecified atom stereocenters. The molecule has 0 saturated carbocycles. The van der Waals surface area contributed by atoms with Crippen molar-refractivity contribution in [1.29, 1.82) is 0 Å². The number of phenols is 11. The lowest BCUT2D eigenvalue weighted by Crippen LogP contribution is -2.66. The Balaban J connectivity index is 1.27. The van der Waals surface area contributed by atoms with Crippen LogP contribution in [0, 0.1) is 0 Å². The Morgan fingerprint density at radius 3 is 1.71 bits per heavy atom. The van der Waals surface area contributed by atoms with Crippen LogP contribution in [0.1, 0.15) is 52.9 Å². The summed E-state index contributed by atoms with van der Waals surface area (Å²) in [5.41, 5.74) is -8.10. The fourth-order valence-corrected chi connectivity index (χ4v) is 8.26. The number of fused-ring (bicyclic) bond motifs is 7. The lowest BCUT2D eigenvalue weighted by molar-refractivity contribution is -0.323. The van der Waals surface area contributed by atoms with Crippen molar-refractivity contribution < 1.29 is 133 Å². The van der Waals surface area contributed by atoms with Crippen LogP contribution in [0.25, 0.3) is 11.1 Å². The second-order valence-electron chi connectivity index (χ2n) is 15.5. The number of carbonyl (C=O) groups excluding carboxylic acids is 6. The van der Waals surface area contributed by atoms with Crippen LogP contribution in [-0.4, -0.2) is 156 Å². The van der Waals surface area contributed by atoms with E-state index in [0.717, 1.165) is 0 Å². The molecular weight excluding hydrogens is 924 g/mol. The number of rotatable bonds is 2. The van der Waals surface area contributed by atoms with Crippen LogP contribution >= 0.6 is 0 Å². The van der Waals surface area contributed by atoms with Crippen LogP contribution in [0.4, 0.5) is 0 Å². The molecule has 9 rings (SSSR count). The number of cyclic esters (lactones) is 1. The first kappa shape index (κ1) is 44.3. The van der Waals surface area contributed by atoms with Crippen LogP contribution in [0.15, 0.2) is 42.0 Å². The Hall–Kier alpha value is -8.92. The summed E-state index contributed by atoms with van der Waals surface area (Å²) < 4.78 is 39.0. The largest absolute Gasteiger partial charge is 0.504 e. The molecule has 2 bridgehead atoms. The Morgan fingerprint density at radius 1 is 0.588 bits per heavy atom. The van der Waals surface area contributed by atoms with E-state index in [1.165, 1.54) is 0 Å². The van der Waals surface area contributed by atoms with Gasteiger partial charge < -0.3 is 105 Å². The van der Waals surface area contributed by atoms with Crippen molar-refractivity contribution in [2.75, 3.05) is 6.61 Å². The van der Waals surface area contributed by atoms with Gasteiger partial charge in [-0.1, -0.05) is 0 Å². The monoisotopic (exact) mass is 952 g/mol. The highest BCUT2D eigenvalue weighted by atomic mass is 16.8. The molecule has 0 radical (unpaired) electrons. The predicted octanol–water partition coefficient (Wildman–Crippen LogP) is -1.10. The van der Waals surface area contributed by atoms with Crippen LogP contribution in [-0.2, 0) is 38.0 Å². The van der Waals surface area contributed by atoms with E-state index < -0.39 is 204 Å².